The smallest absolute Gasteiger partial charge is 0.200 e. The van der Waals surface area contributed by atoms with E-state index in [0.717, 1.165) is 22.0 Å². The first-order chi connectivity index (χ1) is 12.0. The van der Waals surface area contributed by atoms with Crippen LogP contribution in [0.5, 0.6) is 0 Å². The summed E-state index contributed by atoms with van der Waals surface area (Å²) in [5.41, 5.74) is 5.90. The number of pyridine rings is 1. The first-order valence-electron chi connectivity index (χ1n) is 9.54. The van der Waals surface area contributed by atoms with Gasteiger partial charge in [-0.3, -0.25) is 0 Å². The number of aromatic nitrogens is 1. The molecule has 0 amide bonds. The molecule has 3 rings (SSSR count). The van der Waals surface area contributed by atoms with Gasteiger partial charge in [0.2, 0.25) is 5.69 Å². The fraction of sp³-hybridized carbons (Fsp3) is 0.318. The normalized spacial score (nSPS) is 13.1. The van der Waals surface area contributed by atoms with Gasteiger partial charge in [-0.1, -0.05) is 48.6 Å². The summed E-state index contributed by atoms with van der Waals surface area (Å²) in [5.74, 6) is 0. The molecule has 2 heteroatoms. The molecule has 124 valence electrons. The third kappa shape index (κ3) is 2.91. The van der Waals surface area contributed by atoms with Crippen molar-refractivity contribution in [1.29, 1.82) is 0 Å². The number of benzene rings is 2. The van der Waals surface area contributed by atoms with Crippen LogP contribution in [0.2, 0.25) is 19.6 Å². The molecule has 0 N–H and O–H groups in total. The Morgan fingerprint density at radius 3 is 2.38 bits per heavy atom. The lowest BCUT2D eigenvalue weighted by Gasteiger charge is -2.18. The summed E-state index contributed by atoms with van der Waals surface area (Å²) in [6, 6.07) is 11.3. The average molecular weight is 337 g/mol. The quantitative estimate of drug-likeness (QED) is 0.467. The molecular weight excluding hydrogens is 306 g/mol. The van der Waals surface area contributed by atoms with Crippen molar-refractivity contribution in [3.05, 3.63) is 59.2 Å². The zero-order valence-corrected chi connectivity index (χ0v) is 16.8. The van der Waals surface area contributed by atoms with Crippen LogP contribution in [0.15, 0.2) is 42.5 Å². The number of rotatable bonds is 2. The summed E-state index contributed by atoms with van der Waals surface area (Å²) in [4.78, 5) is 0. The highest BCUT2D eigenvalue weighted by atomic mass is 28.3. The van der Waals surface area contributed by atoms with E-state index in [9.17, 15) is 0 Å². The molecule has 0 aliphatic rings. The molecule has 0 radical (unpaired) electrons. The zero-order chi connectivity index (χ0) is 19.4. The van der Waals surface area contributed by atoms with Crippen LogP contribution < -0.4 is 9.75 Å². The van der Waals surface area contributed by atoms with Gasteiger partial charge in [-0.2, -0.15) is 0 Å². The second-order valence-corrected chi connectivity index (χ2v) is 13.0. The van der Waals surface area contributed by atoms with Gasteiger partial charge < -0.3 is 0 Å². The maximum Gasteiger partial charge on any atom is 0.220 e. The van der Waals surface area contributed by atoms with Crippen molar-refractivity contribution in [3.63, 3.8) is 0 Å². The molecular formula is C22H28NSi+. The van der Waals surface area contributed by atoms with Crippen molar-refractivity contribution < 1.29 is 7.31 Å². The second kappa shape index (κ2) is 5.85. The SMILES string of the molecule is [2H]c1c([2H])[n+](C)c(-c2cc(C)cc(C)c2C)c2ccc([Si](C)(C)C)cc12. The first-order valence-corrected chi connectivity index (χ1v) is 12.0. The molecule has 0 saturated heterocycles. The summed E-state index contributed by atoms with van der Waals surface area (Å²) < 4.78 is 18.9. The summed E-state index contributed by atoms with van der Waals surface area (Å²) in [7, 11) is 0.420. The Balaban J connectivity index is 2.47. The summed E-state index contributed by atoms with van der Waals surface area (Å²) in [6.07, 6.45) is 0.263. The van der Waals surface area contributed by atoms with E-state index in [1.54, 1.807) is 0 Å². The highest BCUT2D eigenvalue weighted by Crippen LogP contribution is 2.30. The van der Waals surface area contributed by atoms with Crippen LogP contribution in [0.4, 0.5) is 0 Å². The van der Waals surface area contributed by atoms with Gasteiger partial charge >= 0.3 is 0 Å². The van der Waals surface area contributed by atoms with Gasteiger partial charge in [0.25, 0.3) is 0 Å². The van der Waals surface area contributed by atoms with Crippen LogP contribution in [-0.4, -0.2) is 8.07 Å². The van der Waals surface area contributed by atoms with Crippen molar-refractivity contribution in [2.45, 2.75) is 40.4 Å². The van der Waals surface area contributed by atoms with Crippen LogP contribution in [0.1, 0.15) is 19.4 Å². The lowest BCUT2D eigenvalue weighted by atomic mass is 9.95. The Bertz CT molecular complexity index is 1030. The van der Waals surface area contributed by atoms with Crippen molar-refractivity contribution in [1.82, 2.24) is 0 Å². The Morgan fingerprint density at radius 2 is 1.71 bits per heavy atom. The minimum absolute atomic E-state index is 0.263. The van der Waals surface area contributed by atoms with E-state index < -0.39 is 8.07 Å². The van der Waals surface area contributed by atoms with Crippen molar-refractivity contribution in [2.75, 3.05) is 0 Å². The van der Waals surface area contributed by atoms with E-state index in [0.29, 0.717) is 6.04 Å². The fourth-order valence-electron chi connectivity index (χ4n) is 3.31. The number of aryl methyl sites for hydroxylation is 2. The molecule has 0 bridgehead atoms. The number of hydrogen-bond acceptors (Lipinski definition) is 0. The average Bonchev–Trinajstić information content (AvgIpc) is 2.56. The maximum absolute atomic E-state index is 8.53. The Hall–Kier alpha value is -1.93. The van der Waals surface area contributed by atoms with Crippen LogP contribution in [-0.2, 0) is 7.05 Å². The predicted octanol–water partition coefficient (Wildman–Crippen LogP) is 4.80. The van der Waals surface area contributed by atoms with Crippen molar-refractivity contribution in [3.8, 4) is 11.3 Å². The third-order valence-corrected chi connectivity index (χ3v) is 6.94. The molecule has 0 unspecified atom stereocenters. The minimum atomic E-state index is -1.48. The van der Waals surface area contributed by atoms with Gasteiger partial charge in [0.15, 0.2) is 6.17 Å². The van der Waals surface area contributed by atoms with Crippen LogP contribution >= 0.6 is 0 Å². The second-order valence-electron chi connectivity index (χ2n) is 7.91. The maximum atomic E-state index is 8.53. The van der Waals surface area contributed by atoms with Gasteiger partial charge in [-0.25, -0.2) is 4.57 Å². The van der Waals surface area contributed by atoms with Gasteiger partial charge in [-0.05, 0) is 49.4 Å². The molecule has 0 aliphatic carbocycles. The summed E-state index contributed by atoms with van der Waals surface area (Å²) in [5, 5.41) is 3.28. The Morgan fingerprint density at radius 1 is 1.00 bits per heavy atom. The van der Waals surface area contributed by atoms with E-state index in [2.05, 4.69) is 70.7 Å². The van der Waals surface area contributed by atoms with Gasteiger partial charge in [0, 0.05) is 6.04 Å². The lowest BCUT2D eigenvalue weighted by Crippen LogP contribution is -2.37. The molecule has 0 fully saturated rings. The van der Waals surface area contributed by atoms with Gasteiger partial charge in [-0.15, -0.1) is 0 Å². The van der Waals surface area contributed by atoms with Gasteiger partial charge in [0.05, 0.1) is 20.4 Å². The van der Waals surface area contributed by atoms with Crippen LogP contribution in [0.3, 0.4) is 0 Å². The van der Waals surface area contributed by atoms with Crippen molar-refractivity contribution >= 4 is 24.0 Å². The van der Waals surface area contributed by atoms with E-state index in [1.165, 1.54) is 21.9 Å². The zero-order valence-electron chi connectivity index (χ0n) is 17.8. The molecule has 0 atom stereocenters. The van der Waals surface area contributed by atoms with E-state index in [4.69, 9.17) is 2.74 Å². The number of nitrogens with zero attached hydrogens (tertiary/aromatic N) is 1. The summed E-state index contributed by atoms with van der Waals surface area (Å²) >= 11 is 0. The van der Waals surface area contributed by atoms with Crippen LogP contribution in [0, 0.1) is 20.8 Å². The molecule has 1 heterocycles. The Labute approximate surface area is 149 Å². The van der Waals surface area contributed by atoms with Gasteiger partial charge in [0.1, 0.15) is 8.42 Å². The third-order valence-electron chi connectivity index (χ3n) is 4.90. The van der Waals surface area contributed by atoms with E-state index in [1.807, 2.05) is 11.6 Å². The number of hydrogen-bond donors (Lipinski definition) is 0. The minimum Gasteiger partial charge on any atom is -0.200 e. The van der Waals surface area contributed by atoms with E-state index >= 15 is 0 Å². The Kier molecular flexibility index (Phi) is 3.52. The molecule has 24 heavy (non-hydrogen) atoms. The summed E-state index contributed by atoms with van der Waals surface area (Å²) in [6.45, 7) is 13.3. The predicted molar refractivity (Wildman–Crippen MR) is 108 cm³/mol. The van der Waals surface area contributed by atoms with E-state index in [-0.39, 0.29) is 6.17 Å². The highest BCUT2D eigenvalue weighted by molar-refractivity contribution is 6.88. The monoisotopic (exact) mass is 336 g/mol. The lowest BCUT2D eigenvalue weighted by molar-refractivity contribution is -0.659. The standard InChI is InChI=1S/C22H28NSi/c1-15-12-16(2)17(3)21(13-15)22-20-9-8-19(24(5,6)7)14-18(20)10-11-23(22)4/h8-14H,1-7H3/q+1/i10D,11D. The molecule has 3 aromatic rings. The largest absolute Gasteiger partial charge is 0.220 e. The molecule has 1 aromatic heterocycles. The molecule has 1 nitrogen and oxygen atoms in total. The fourth-order valence-corrected chi connectivity index (χ4v) is 4.47. The van der Waals surface area contributed by atoms with Crippen molar-refractivity contribution in [2.24, 2.45) is 7.05 Å². The molecule has 0 saturated carbocycles. The molecule has 0 spiro atoms. The molecule has 0 aliphatic heterocycles. The van der Waals surface area contributed by atoms with Crippen LogP contribution in [0.25, 0.3) is 22.0 Å². The topological polar surface area (TPSA) is 3.88 Å². The number of fused-ring (bicyclic) bond motifs is 1. The highest BCUT2D eigenvalue weighted by Gasteiger charge is 2.21. The first kappa shape index (κ1) is 14.4. The molecule has 2 aromatic carbocycles.